The maximum absolute atomic E-state index is 12.7. The molecule has 0 aliphatic heterocycles. The number of carbonyl (C=O) groups excluding carboxylic acids is 3. The summed E-state index contributed by atoms with van der Waals surface area (Å²) in [6, 6.07) is 14.7. The minimum absolute atomic E-state index is 0.0408. The molecule has 2 aliphatic carbocycles. The zero-order valence-electron chi connectivity index (χ0n) is 32.6. The van der Waals surface area contributed by atoms with Gasteiger partial charge in [-0.05, 0) is 112 Å². The largest absolute Gasteiger partial charge is 0.446 e. The molecule has 3 aromatic rings. The number of thiazole rings is 1. The van der Waals surface area contributed by atoms with Crippen molar-refractivity contribution in [2.45, 2.75) is 136 Å². The van der Waals surface area contributed by atoms with Gasteiger partial charge in [0.15, 0.2) is 5.13 Å². The van der Waals surface area contributed by atoms with Crippen LogP contribution in [0, 0.1) is 17.8 Å². The van der Waals surface area contributed by atoms with Gasteiger partial charge in [0.25, 0.3) is 0 Å². The van der Waals surface area contributed by atoms with Crippen LogP contribution in [0.4, 0.5) is 21.3 Å². The Kier molecular flexibility index (Phi) is 16.8. The first-order chi connectivity index (χ1) is 26.6. The molecule has 300 valence electrons. The number of rotatable bonds is 19. The summed E-state index contributed by atoms with van der Waals surface area (Å²) in [6.45, 7) is 6.97. The van der Waals surface area contributed by atoms with Gasteiger partial charge in [-0.1, -0.05) is 51.0 Å². The van der Waals surface area contributed by atoms with Gasteiger partial charge < -0.3 is 15.8 Å². The molecule has 2 saturated carbocycles. The summed E-state index contributed by atoms with van der Waals surface area (Å²) in [5.41, 5.74) is 12.1. The van der Waals surface area contributed by atoms with E-state index in [1.54, 1.807) is 12.1 Å². The molecule has 0 spiro atoms. The van der Waals surface area contributed by atoms with Crippen LogP contribution in [0.1, 0.15) is 116 Å². The van der Waals surface area contributed by atoms with Crippen molar-refractivity contribution >= 4 is 45.8 Å². The summed E-state index contributed by atoms with van der Waals surface area (Å²) < 4.78 is 5.72. The normalized spacial score (nSPS) is 21.7. The van der Waals surface area contributed by atoms with E-state index in [1.807, 2.05) is 41.8 Å². The first-order valence-corrected chi connectivity index (χ1v) is 20.9. The van der Waals surface area contributed by atoms with Gasteiger partial charge in [-0.2, -0.15) is 0 Å². The van der Waals surface area contributed by atoms with Crippen molar-refractivity contribution in [3.8, 4) is 11.3 Å². The Morgan fingerprint density at radius 2 is 1.62 bits per heavy atom. The third kappa shape index (κ3) is 15.2. The number of unbranched alkanes of at least 4 members (excludes halogenated alkanes) is 3. The summed E-state index contributed by atoms with van der Waals surface area (Å²) in [5, 5.41) is 8.12. The molecule has 55 heavy (non-hydrogen) atoms. The van der Waals surface area contributed by atoms with Crippen molar-refractivity contribution < 1.29 is 33.7 Å². The number of hydrogen-bond donors (Lipinski definition) is 4. The van der Waals surface area contributed by atoms with Gasteiger partial charge in [0.2, 0.25) is 11.8 Å². The quantitative estimate of drug-likeness (QED) is 0.0402. The maximum atomic E-state index is 12.7. The molecule has 0 saturated heterocycles. The van der Waals surface area contributed by atoms with E-state index in [0.717, 1.165) is 73.6 Å². The van der Waals surface area contributed by atoms with Crippen LogP contribution in [0.3, 0.4) is 0 Å². The van der Waals surface area contributed by atoms with E-state index < -0.39 is 6.09 Å². The monoisotopic (exact) mass is 777 g/mol. The Labute approximate surface area is 329 Å². The van der Waals surface area contributed by atoms with Crippen LogP contribution in [0.2, 0.25) is 0 Å². The van der Waals surface area contributed by atoms with Gasteiger partial charge in [0, 0.05) is 41.6 Å². The Hall–Kier alpha value is -4.04. The number of nitrogen functional groups attached to an aromatic ring is 1. The second kappa shape index (κ2) is 21.9. The van der Waals surface area contributed by atoms with Crippen LogP contribution in [0.25, 0.3) is 11.3 Å². The summed E-state index contributed by atoms with van der Waals surface area (Å²) in [6.07, 6.45) is 11.1. The van der Waals surface area contributed by atoms with Crippen LogP contribution in [-0.4, -0.2) is 41.2 Å². The molecular weight excluding hydrogens is 719 g/mol. The van der Waals surface area contributed by atoms with E-state index >= 15 is 0 Å². The SMILES string of the molecule is CC1CC(C)CC(CC(C)OO[C@@H]2CCCC(OC(=O)Nc3ccc(CONC(=O)CCCCCCC(=O)Nc4nc(-c5cccc(N)c5)cs4)cc3)C2)C1. The predicted octanol–water partition coefficient (Wildman–Crippen LogP) is 9.58. The molecule has 5 atom stereocenters. The second-order valence-electron chi connectivity index (χ2n) is 15.6. The van der Waals surface area contributed by atoms with Gasteiger partial charge in [-0.15, -0.1) is 11.3 Å². The van der Waals surface area contributed by atoms with Crippen molar-refractivity contribution in [3.63, 3.8) is 0 Å². The smallest absolute Gasteiger partial charge is 0.411 e. The second-order valence-corrected chi connectivity index (χ2v) is 16.5. The fourth-order valence-corrected chi connectivity index (χ4v) is 8.52. The highest BCUT2D eigenvalue weighted by atomic mass is 32.1. The van der Waals surface area contributed by atoms with Crippen LogP contribution in [0.15, 0.2) is 53.9 Å². The van der Waals surface area contributed by atoms with Crippen molar-refractivity contribution in [1.29, 1.82) is 0 Å². The maximum Gasteiger partial charge on any atom is 0.411 e. The molecule has 1 heterocycles. The number of aromatic nitrogens is 1. The van der Waals surface area contributed by atoms with E-state index in [9.17, 15) is 14.4 Å². The third-order valence-corrected chi connectivity index (χ3v) is 11.0. The number of anilines is 3. The lowest BCUT2D eigenvalue weighted by atomic mass is 9.75. The minimum Gasteiger partial charge on any atom is -0.446 e. The molecule has 2 aromatic carbocycles. The van der Waals surface area contributed by atoms with Crippen molar-refractivity contribution in [2.24, 2.45) is 17.8 Å². The number of nitrogens with zero attached hydrogens (tertiary/aromatic N) is 1. The van der Waals surface area contributed by atoms with Crippen molar-refractivity contribution in [2.75, 3.05) is 16.4 Å². The number of nitrogens with one attached hydrogen (secondary N) is 3. The van der Waals surface area contributed by atoms with Gasteiger partial charge in [0.1, 0.15) is 6.10 Å². The molecular formula is C42H59N5O7S. The molecule has 13 heteroatoms. The van der Waals surface area contributed by atoms with E-state index in [4.69, 9.17) is 25.1 Å². The lowest BCUT2D eigenvalue weighted by molar-refractivity contribution is -0.356. The number of hydroxylamine groups is 1. The highest BCUT2D eigenvalue weighted by Gasteiger charge is 2.29. The van der Waals surface area contributed by atoms with E-state index in [-0.39, 0.29) is 36.7 Å². The number of benzene rings is 2. The topological polar surface area (TPSA) is 163 Å². The number of amides is 3. The zero-order valence-corrected chi connectivity index (χ0v) is 33.4. The van der Waals surface area contributed by atoms with E-state index in [0.29, 0.717) is 48.1 Å². The van der Waals surface area contributed by atoms with Crippen molar-refractivity contribution in [3.05, 3.63) is 59.5 Å². The highest BCUT2D eigenvalue weighted by Crippen LogP contribution is 2.36. The van der Waals surface area contributed by atoms with Crippen LogP contribution < -0.4 is 21.8 Å². The summed E-state index contributed by atoms with van der Waals surface area (Å²) in [7, 11) is 0. The molecule has 2 fully saturated rings. The molecule has 4 unspecified atom stereocenters. The van der Waals surface area contributed by atoms with Gasteiger partial charge in [-0.3, -0.25) is 19.7 Å². The lowest BCUT2D eigenvalue weighted by Gasteiger charge is -2.33. The van der Waals surface area contributed by atoms with Crippen LogP contribution >= 0.6 is 11.3 Å². The number of nitrogens with two attached hydrogens (primary N) is 1. The number of hydrogen-bond acceptors (Lipinski definition) is 10. The predicted molar refractivity (Wildman–Crippen MR) is 216 cm³/mol. The average Bonchev–Trinajstić information content (AvgIpc) is 3.61. The Bertz CT molecular complexity index is 1640. The Balaban J connectivity index is 0.875. The molecule has 5 rings (SSSR count). The first kappa shape index (κ1) is 42.1. The number of ether oxygens (including phenoxy) is 1. The van der Waals surface area contributed by atoms with E-state index in [2.05, 4.69) is 41.9 Å². The molecule has 2 aliphatic rings. The Morgan fingerprint density at radius 1 is 0.891 bits per heavy atom. The molecule has 3 amide bonds. The highest BCUT2D eigenvalue weighted by molar-refractivity contribution is 7.14. The zero-order chi connectivity index (χ0) is 39.0. The molecule has 12 nitrogen and oxygen atoms in total. The molecule has 5 N–H and O–H groups in total. The third-order valence-electron chi connectivity index (χ3n) is 10.3. The molecule has 0 bridgehead atoms. The Morgan fingerprint density at radius 3 is 2.36 bits per heavy atom. The summed E-state index contributed by atoms with van der Waals surface area (Å²) in [5.74, 6) is 1.96. The molecule has 1 aromatic heterocycles. The van der Waals surface area contributed by atoms with Crippen LogP contribution in [0.5, 0.6) is 0 Å². The summed E-state index contributed by atoms with van der Waals surface area (Å²) >= 11 is 1.38. The minimum atomic E-state index is -0.500. The van der Waals surface area contributed by atoms with Gasteiger partial charge in [-0.25, -0.2) is 25.0 Å². The average molecular weight is 778 g/mol. The fourth-order valence-electron chi connectivity index (χ4n) is 7.79. The number of carbonyl (C=O) groups is 3. The van der Waals surface area contributed by atoms with Gasteiger partial charge >= 0.3 is 6.09 Å². The van der Waals surface area contributed by atoms with Crippen LogP contribution in [-0.2, 0) is 35.5 Å². The molecule has 0 radical (unpaired) electrons. The summed E-state index contributed by atoms with van der Waals surface area (Å²) in [4.78, 5) is 58.8. The van der Waals surface area contributed by atoms with E-state index in [1.165, 1.54) is 30.6 Å². The lowest BCUT2D eigenvalue weighted by Crippen LogP contribution is -2.32. The standard InChI is InChI=1S/C42H59N5O7S/c1-28-20-29(2)22-32(21-28)23-30(3)53-54-37-13-9-12-36(25-37)52-42(50)44-35-18-16-31(17-19-35)26-51-47-40(49)15-7-5-4-6-14-39(48)46-41-45-38(27-55-41)33-10-8-11-34(43)24-33/h8,10-11,16-19,24,27-30,32,36-37H,4-7,9,12-15,20-23,25-26,43H2,1-3H3,(H,44,50)(H,47,49)(H,45,46,48)/t28?,29?,30?,32?,36?,37-/m1/s1. The first-order valence-electron chi connectivity index (χ1n) is 20.0. The van der Waals surface area contributed by atoms with Crippen molar-refractivity contribution in [1.82, 2.24) is 10.5 Å². The fraction of sp³-hybridized carbons (Fsp3) is 0.571. The van der Waals surface area contributed by atoms with Gasteiger partial charge in [0.05, 0.1) is 24.5 Å².